The highest BCUT2D eigenvalue weighted by molar-refractivity contribution is 6.31. The molecular weight excluding hydrogens is 357 g/mol. The lowest BCUT2D eigenvalue weighted by Gasteiger charge is -2.09. The molecule has 2 saturated carbocycles. The van der Waals surface area contributed by atoms with Gasteiger partial charge in [0.1, 0.15) is 5.82 Å². The molecule has 5 nitrogen and oxygen atoms in total. The van der Waals surface area contributed by atoms with Crippen molar-refractivity contribution in [3.05, 3.63) is 52.1 Å². The Balaban J connectivity index is 1.58. The molecular formula is C19H15ClFN3O2. The minimum atomic E-state index is -0.526. The van der Waals surface area contributed by atoms with Crippen molar-refractivity contribution in [3.63, 3.8) is 0 Å². The molecule has 0 atom stereocenters. The van der Waals surface area contributed by atoms with E-state index in [9.17, 15) is 9.18 Å². The Morgan fingerprint density at radius 2 is 1.96 bits per heavy atom. The van der Waals surface area contributed by atoms with Crippen LogP contribution in [0.1, 0.15) is 59.3 Å². The average Bonchev–Trinajstić information content (AvgIpc) is 3.54. The standard InChI is InChI=1S/C19H15ClFN3O2/c20-13-7-11(5-6-14(13)21)22-18(25)12-8-15(9-1-2-9)23-19-16(12)17(24-26-19)10-3-4-10/h5-10H,1-4H2,(H,22,25). The number of fused-ring (bicyclic) bond motifs is 1. The maximum absolute atomic E-state index is 13.3. The molecule has 0 radical (unpaired) electrons. The zero-order valence-corrected chi connectivity index (χ0v) is 14.5. The Bertz CT molecular complexity index is 1040. The van der Waals surface area contributed by atoms with Crippen LogP contribution in [0.3, 0.4) is 0 Å². The summed E-state index contributed by atoms with van der Waals surface area (Å²) in [6, 6.07) is 5.94. The smallest absolute Gasteiger partial charge is 0.259 e. The van der Waals surface area contributed by atoms with Crippen LogP contribution >= 0.6 is 11.6 Å². The number of carbonyl (C=O) groups is 1. The summed E-state index contributed by atoms with van der Waals surface area (Å²) in [6.07, 6.45) is 4.22. The van der Waals surface area contributed by atoms with Crippen LogP contribution in [0.15, 0.2) is 28.8 Å². The summed E-state index contributed by atoms with van der Waals surface area (Å²) in [5.41, 5.74) is 3.01. The quantitative estimate of drug-likeness (QED) is 0.699. The fourth-order valence-electron chi connectivity index (χ4n) is 3.17. The molecule has 0 bridgehead atoms. The first kappa shape index (κ1) is 15.8. The number of carbonyl (C=O) groups excluding carboxylic acids is 1. The number of hydrogen-bond donors (Lipinski definition) is 1. The van der Waals surface area contributed by atoms with E-state index in [2.05, 4.69) is 15.5 Å². The number of hydrogen-bond acceptors (Lipinski definition) is 4. The van der Waals surface area contributed by atoms with Gasteiger partial charge in [0.25, 0.3) is 11.6 Å². The normalized spacial score (nSPS) is 16.8. The van der Waals surface area contributed by atoms with Crippen LogP contribution in [0, 0.1) is 5.82 Å². The van der Waals surface area contributed by atoms with Gasteiger partial charge < -0.3 is 9.84 Å². The van der Waals surface area contributed by atoms with Gasteiger partial charge in [-0.2, -0.15) is 0 Å². The third kappa shape index (κ3) is 2.74. The average molecular weight is 372 g/mol. The Hall–Kier alpha value is -2.47. The predicted octanol–water partition coefficient (Wildman–Crippen LogP) is 5.02. The molecule has 2 heterocycles. The number of aromatic nitrogens is 2. The lowest BCUT2D eigenvalue weighted by Crippen LogP contribution is -2.13. The van der Waals surface area contributed by atoms with E-state index in [4.69, 9.17) is 16.1 Å². The first-order valence-electron chi connectivity index (χ1n) is 8.67. The van der Waals surface area contributed by atoms with E-state index in [1.54, 1.807) is 0 Å². The van der Waals surface area contributed by atoms with E-state index >= 15 is 0 Å². The largest absolute Gasteiger partial charge is 0.335 e. The minimum Gasteiger partial charge on any atom is -0.335 e. The number of nitrogens with zero attached hydrogens (tertiary/aromatic N) is 2. The van der Waals surface area contributed by atoms with Crippen LogP contribution in [-0.2, 0) is 0 Å². The van der Waals surface area contributed by atoms with Crippen molar-refractivity contribution in [3.8, 4) is 0 Å². The molecule has 1 N–H and O–H groups in total. The fraction of sp³-hybridized carbons (Fsp3) is 0.316. The SMILES string of the molecule is O=C(Nc1ccc(F)c(Cl)c1)c1cc(C2CC2)nc2onc(C3CC3)c12. The Labute approximate surface area is 153 Å². The third-order valence-corrected chi connectivity index (χ3v) is 5.16. The summed E-state index contributed by atoms with van der Waals surface area (Å²) in [5, 5.41) is 7.61. The molecule has 0 spiro atoms. The number of pyridine rings is 1. The van der Waals surface area contributed by atoms with Crippen LogP contribution in [-0.4, -0.2) is 16.0 Å². The van der Waals surface area contributed by atoms with Gasteiger partial charge in [-0.05, 0) is 49.9 Å². The molecule has 0 aliphatic heterocycles. The lowest BCUT2D eigenvalue weighted by molar-refractivity contribution is 0.102. The van der Waals surface area contributed by atoms with E-state index in [-0.39, 0.29) is 10.9 Å². The summed E-state index contributed by atoms with van der Waals surface area (Å²) >= 11 is 5.81. The van der Waals surface area contributed by atoms with E-state index in [0.717, 1.165) is 37.1 Å². The monoisotopic (exact) mass is 371 g/mol. The molecule has 26 heavy (non-hydrogen) atoms. The van der Waals surface area contributed by atoms with Crippen molar-refractivity contribution < 1.29 is 13.7 Å². The number of anilines is 1. The second kappa shape index (κ2) is 5.77. The van der Waals surface area contributed by atoms with Gasteiger partial charge in [-0.15, -0.1) is 0 Å². The Morgan fingerprint density at radius 1 is 1.19 bits per heavy atom. The summed E-state index contributed by atoms with van der Waals surface area (Å²) in [6.45, 7) is 0. The highest BCUT2D eigenvalue weighted by Crippen LogP contribution is 2.45. The van der Waals surface area contributed by atoms with Gasteiger partial charge in [-0.3, -0.25) is 4.79 Å². The Morgan fingerprint density at radius 3 is 2.65 bits per heavy atom. The molecule has 0 unspecified atom stereocenters. The van der Waals surface area contributed by atoms with Crippen molar-refractivity contribution in [1.82, 2.24) is 10.1 Å². The van der Waals surface area contributed by atoms with E-state index < -0.39 is 5.82 Å². The van der Waals surface area contributed by atoms with E-state index in [0.29, 0.717) is 34.2 Å². The molecule has 1 aromatic carbocycles. The first-order valence-corrected chi connectivity index (χ1v) is 9.04. The number of rotatable bonds is 4. The van der Waals surface area contributed by atoms with Gasteiger partial charge in [0.2, 0.25) is 0 Å². The second-order valence-electron chi connectivity index (χ2n) is 6.97. The van der Waals surface area contributed by atoms with Crippen LogP contribution in [0.2, 0.25) is 5.02 Å². The molecule has 1 amide bonds. The molecule has 3 aromatic rings. The van der Waals surface area contributed by atoms with Gasteiger partial charge >= 0.3 is 0 Å². The number of nitrogens with one attached hydrogen (secondary N) is 1. The van der Waals surface area contributed by atoms with Crippen molar-refractivity contribution in [2.45, 2.75) is 37.5 Å². The van der Waals surface area contributed by atoms with E-state index in [1.807, 2.05) is 6.07 Å². The molecule has 2 aliphatic rings. The molecule has 2 aromatic heterocycles. The zero-order valence-electron chi connectivity index (χ0n) is 13.8. The molecule has 2 fully saturated rings. The fourth-order valence-corrected chi connectivity index (χ4v) is 3.35. The highest BCUT2D eigenvalue weighted by Gasteiger charge is 2.34. The minimum absolute atomic E-state index is 0.0370. The predicted molar refractivity (Wildman–Crippen MR) is 95.1 cm³/mol. The van der Waals surface area contributed by atoms with E-state index in [1.165, 1.54) is 18.2 Å². The van der Waals surface area contributed by atoms with Crippen molar-refractivity contribution in [2.75, 3.05) is 5.32 Å². The molecule has 0 saturated heterocycles. The molecule has 7 heteroatoms. The topological polar surface area (TPSA) is 68.0 Å². The zero-order chi connectivity index (χ0) is 17.8. The summed E-state index contributed by atoms with van der Waals surface area (Å²) in [4.78, 5) is 17.5. The molecule has 2 aliphatic carbocycles. The van der Waals surface area contributed by atoms with Crippen LogP contribution in [0.4, 0.5) is 10.1 Å². The summed E-state index contributed by atoms with van der Waals surface area (Å²) < 4.78 is 18.8. The van der Waals surface area contributed by atoms with Crippen LogP contribution in [0.25, 0.3) is 11.1 Å². The van der Waals surface area contributed by atoms with Crippen LogP contribution < -0.4 is 5.32 Å². The third-order valence-electron chi connectivity index (χ3n) is 4.87. The second-order valence-corrected chi connectivity index (χ2v) is 7.38. The maximum atomic E-state index is 13.3. The number of halogens is 2. The number of amides is 1. The van der Waals surface area contributed by atoms with Crippen molar-refractivity contribution >= 4 is 34.3 Å². The summed E-state index contributed by atoms with van der Waals surface area (Å²) in [5.74, 6) is -0.119. The number of benzene rings is 1. The lowest BCUT2D eigenvalue weighted by atomic mass is 10.0. The van der Waals surface area contributed by atoms with Crippen molar-refractivity contribution in [1.29, 1.82) is 0 Å². The van der Waals surface area contributed by atoms with Gasteiger partial charge in [-0.25, -0.2) is 9.37 Å². The van der Waals surface area contributed by atoms with Gasteiger partial charge in [-0.1, -0.05) is 16.8 Å². The van der Waals surface area contributed by atoms with Crippen molar-refractivity contribution in [2.24, 2.45) is 0 Å². The first-order chi connectivity index (χ1) is 12.6. The molecule has 5 rings (SSSR count). The van der Waals surface area contributed by atoms with Gasteiger partial charge in [0.05, 0.1) is 21.7 Å². The van der Waals surface area contributed by atoms with Crippen LogP contribution in [0.5, 0.6) is 0 Å². The Kier molecular flexibility index (Phi) is 3.50. The highest BCUT2D eigenvalue weighted by atomic mass is 35.5. The molecule has 132 valence electrons. The maximum Gasteiger partial charge on any atom is 0.259 e. The summed E-state index contributed by atoms with van der Waals surface area (Å²) in [7, 11) is 0. The van der Waals surface area contributed by atoms with Gasteiger partial charge in [0.15, 0.2) is 0 Å². The van der Waals surface area contributed by atoms with Gasteiger partial charge in [0, 0.05) is 23.2 Å².